The van der Waals surface area contributed by atoms with Crippen molar-refractivity contribution < 1.29 is 0 Å². The minimum absolute atomic E-state index is 0.526. The Bertz CT molecular complexity index is 344. The molecule has 2 rings (SSSR count). The van der Waals surface area contributed by atoms with E-state index in [0.717, 1.165) is 12.5 Å². The Hall–Kier alpha value is -0.860. The van der Waals surface area contributed by atoms with Crippen molar-refractivity contribution in [2.45, 2.75) is 25.7 Å². The number of aryl methyl sites for hydroxylation is 1. The van der Waals surface area contributed by atoms with Gasteiger partial charge in [0.25, 0.3) is 0 Å². The molecule has 0 spiro atoms. The van der Waals surface area contributed by atoms with Gasteiger partial charge in [-0.3, -0.25) is 0 Å². The van der Waals surface area contributed by atoms with E-state index in [1.165, 1.54) is 37.1 Å². The highest BCUT2D eigenvalue weighted by Crippen LogP contribution is 2.30. The van der Waals surface area contributed by atoms with Gasteiger partial charge in [-0.1, -0.05) is 29.8 Å². The molecule has 2 heteroatoms. The molecule has 0 amide bonds. The number of nitrogens with two attached hydrogens (primary N) is 1. The van der Waals surface area contributed by atoms with E-state index in [-0.39, 0.29) is 0 Å². The first-order valence-electron chi connectivity index (χ1n) is 6.66. The summed E-state index contributed by atoms with van der Waals surface area (Å²) in [5.74, 6) is 1.25. The molecule has 17 heavy (non-hydrogen) atoms. The lowest BCUT2D eigenvalue weighted by atomic mass is 9.81. The van der Waals surface area contributed by atoms with Crippen LogP contribution >= 0.6 is 0 Å². The summed E-state index contributed by atoms with van der Waals surface area (Å²) in [6.07, 6.45) is 2.63. The van der Waals surface area contributed by atoms with Crippen LogP contribution in [0.1, 0.15) is 29.9 Å². The average Bonchev–Trinajstić information content (AvgIpc) is 2.33. The van der Waals surface area contributed by atoms with Crippen LogP contribution in [-0.2, 0) is 0 Å². The Morgan fingerprint density at radius 3 is 2.65 bits per heavy atom. The number of nitrogens with zero attached hydrogens (tertiary/aromatic N) is 1. The van der Waals surface area contributed by atoms with Gasteiger partial charge in [0, 0.05) is 12.5 Å². The molecule has 1 aromatic rings. The number of rotatable bonds is 3. The maximum absolute atomic E-state index is 6.00. The van der Waals surface area contributed by atoms with Gasteiger partial charge >= 0.3 is 0 Å². The second-order valence-electron chi connectivity index (χ2n) is 5.42. The highest BCUT2D eigenvalue weighted by molar-refractivity contribution is 5.25. The Labute approximate surface area is 105 Å². The molecular weight excluding hydrogens is 208 g/mol. The van der Waals surface area contributed by atoms with Gasteiger partial charge in [0.15, 0.2) is 0 Å². The van der Waals surface area contributed by atoms with E-state index in [2.05, 4.69) is 43.1 Å². The van der Waals surface area contributed by atoms with E-state index in [9.17, 15) is 0 Å². The van der Waals surface area contributed by atoms with Gasteiger partial charge in [0.05, 0.1) is 0 Å². The molecule has 0 aromatic heterocycles. The van der Waals surface area contributed by atoms with Crippen molar-refractivity contribution in [3.63, 3.8) is 0 Å². The summed E-state index contributed by atoms with van der Waals surface area (Å²) in [7, 11) is 2.22. The molecule has 1 heterocycles. The topological polar surface area (TPSA) is 29.3 Å². The van der Waals surface area contributed by atoms with Crippen LogP contribution in [-0.4, -0.2) is 31.6 Å². The first-order valence-corrected chi connectivity index (χ1v) is 6.66. The highest BCUT2D eigenvalue weighted by atomic mass is 15.1. The molecule has 1 aliphatic rings. The fourth-order valence-corrected chi connectivity index (χ4v) is 2.95. The number of hydrogen-bond donors (Lipinski definition) is 1. The standard InChI is InChI=1S/C15H24N2/c1-12-5-7-13(8-6-12)15(10-16)14-4-3-9-17(2)11-14/h5-8,14-15H,3-4,9-11,16H2,1-2H3. The summed E-state index contributed by atoms with van der Waals surface area (Å²) < 4.78 is 0. The number of likely N-dealkylation sites (tertiary alicyclic amines) is 1. The first kappa shape index (κ1) is 12.6. The van der Waals surface area contributed by atoms with Gasteiger partial charge in [-0.25, -0.2) is 0 Å². The predicted octanol–water partition coefficient (Wildman–Crippen LogP) is 2.38. The zero-order chi connectivity index (χ0) is 12.3. The molecule has 2 unspecified atom stereocenters. The van der Waals surface area contributed by atoms with Crippen LogP contribution in [0.4, 0.5) is 0 Å². The average molecular weight is 232 g/mol. The fourth-order valence-electron chi connectivity index (χ4n) is 2.95. The van der Waals surface area contributed by atoms with E-state index in [0.29, 0.717) is 5.92 Å². The Morgan fingerprint density at radius 1 is 1.35 bits per heavy atom. The molecule has 1 aliphatic heterocycles. The first-order chi connectivity index (χ1) is 8.20. The molecule has 2 nitrogen and oxygen atoms in total. The molecule has 0 saturated carbocycles. The Morgan fingerprint density at radius 2 is 2.06 bits per heavy atom. The summed E-state index contributed by atoms with van der Waals surface area (Å²) in [6, 6.07) is 8.90. The predicted molar refractivity (Wildman–Crippen MR) is 73.2 cm³/mol. The van der Waals surface area contributed by atoms with Gasteiger partial charge in [0.2, 0.25) is 0 Å². The number of benzene rings is 1. The molecule has 0 radical (unpaired) electrons. The van der Waals surface area contributed by atoms with Crippen LogP contribution in [0.3, 0.4) is 0 Å². The van der Waals surface area contributed by atoms with Gasteiger partial charge in [-0.2, -0.15) is 0 Å². The quantitative estimate of drug-likeness (QED) is 0.867. The molecule has 1 aromatic carbocycles. The fraction of sp³-hybridized carbons (Fsp3) is 0.600. The van der Waals surface area contributed by atoms with Crippen molar-refractivity contribution in [3.8, 4) is 0 Å². The van der Waals surface area contributed by atoms with Crippen molar-refractivity contribution >= 4 is 0 Å². The second-order valence-corrected chi connectivity index (χ2v) is 5.42. The SMILES string of the molecule is Cc1ccc(C(CN)C2CCCN(C)C2)cc1. The Kier molecular flexibility index (Phi) is 4.19. The van der Waals surface area contributed by atoms with Crippen molar-refractivity contribution in [1.29, 1.82) is 0 Å². The van der Waals surface area contributed by atoms with Crippen molar-refractivity contribution in [1.82, 2.24) is 4.90 Å². The van der Waals surface area contributed by atoms with Gasteiger partial charge in [0.1, 0.15) is 0 Å². The summed E-state index contributed by atoms with van der Waals surface area (Å²) in [6.45, 7) is 5.33. The van der Waals surface area contributed by atoms with Crippen molar-refractivity contribution in [3.05, 3.63) is 35.4 Å². The number of hydrogen-bond acceptors (Lipinski definition) is 2. The summed E-state index contributed by atoms with van der Waals surface area (Å²) in [4.78, 5) is 2.44. The molecule has 94 valence electrons. The molecule has 2 N–H and O–H groups in total. The van der Waals surface area contributed by atoms with E-state index in [4.69, 9.17) is 5.73 Å². The molecule has 2 atom stereocenters. The summed E-state index contributed by atoms with van der Waals surface area (Å²) >= 11 is 0. The van der Waals surface area contributed by atoms with E-state index in [1.54, 1.807) is 0 Å². The smallest absolute Gasteiger partial charge is 0.00129 e. The molecular formula is C15H24N2. The largest absolute Gasteiger partial charge is 0.330 e. The highest BCUT2D eigenvalue weighted by Gasteiger charge is 2.25. The molecule has 1 fully saturated rings. The minimum atomic E-state index is 0.526. The van der Waals surface area contributed by atoms with Crippen molar-refractivity contribution in [2.75, 3.05) is 26.7 Å². The van der Waals surface area contributed by atoms with Crippen LogP contribution in [0, 0.1) is 12.8 Å². The van der Waals surface area contributed by atoms with Crippen LogP contribution < -0.4 is 5.73 Å². The van der Waals surface area contributed by atoms with Gasteiger partial charge < -0.3 is 10.6 Å². The minimum Gasteiger partial charge on any atom is -0.330 e. The van der Waals surface area contributed by atoms with E-state index in [1.807, 2.05) is 0 Å². The van der Waals surface area contributed by atoms with Crippen LogP contribution in [0.15, 0.2) is 24.3 Å². The molecule has 0 bridgehead atoms. The normalized spacial score (nSPS) is 23.6. The third kappa shape index (κ3) is 3.08. The second kappa shape index (κ2) is 5.65. The third-order valence-electron chi connectivity index (χ3n) is 3.99. The van der Waals surface area contributed by atoms with Crippen LogP contribution in [0.5, 0.6) is 0 Å². The summed E-state index contributed by atoms with van der Waals surface area (Å²) in [5, 5.41) is 0. The van der Waals surface area contributed by atoms with Crippen LogP contribution in [0.25, 0.3) is 0 Å². The zero-order valence-corrected chi connectivity index (χ0v) is 11.0. The lowest BCUT2D eigenvalue weighted by Crippen LogP contribution is -2.37. The molecule has 0 aliphatic carbocycles. The third-order valence-corrected chi connectivity index (χ3v) is 3.99. The van der Waals surface area contributed by atoms with Gasteiger partial charge in [-0.15, -0.1) is 0 Å². The Balaban J connectivity index is 2.12. The lowest BCUT2D eigenvalue weighted by Gasteiger charge is -2.35. The van der Waals surface area contributed by atoms with Gasteiger partial charge in [-0.05, 0) is 51.4 Å². The maximum atomic E-state index is 6.00. The van der Waals surface area contributed by atoms with E-state index >= 15 is 0 Å². The zero-order valence-electron chi connectivity index (χ0n) is 11.0. The summed E-state index contributed by atoms with van der Waals surface area (Å²) in [5.41, 5.74) is 8.74. The lowest BCUT2D eigenvalue weighted by molar-refractivity contribution is 0.188. The maximum Gasteiger partial charge on any atom is 0.00129 e. The molecule has 1 saturated heterocycles. The monoisotopic (exact) mass is 232 g/mol. The van der Waals surface area contributed by atoms with E-state index < -0.39 is 0 Å². The van der Waals surface area contributed by atoms with Crippen molar-refractivity contribution in [2.24, 2.45) is 11.7 Å². The van der Waals surface area contributed by atoms with Crippen LogP contribution in [0.2, 0.25) is 0 Å². The number of piperidine rings is 1.